The summed E-state index contributed by atoms with van der Waals surface area (Å²) in [6.45, 7) is 6.97. The van der Waals surface area contributed by atoms with E-state index in [2.05, 4.69) is 0 Å². The van der Waals surface area contributed by atoms with Gasteiger partial charge in [-0.05, 0) is 33.8 Å². The molecule has 0 unspecified atom stereocenters. The minimum atomic E-state index is -0.678. The van der Waals surface area contributed by atoms with Gasteiger partial charge in [-0.1, -0.05) is 18.2 Å². The summed E-state index contributed by atoms with van der Waals surface area (Å²) in [5, 5.41) is 9.82. The van der Waals surface area contributed by atoms with Crippen molar-refractivity contribution in [2.24, 2.45) is 0 Å². The summed E-state index contributed by atoms with van der Waals surface area (Å²) in [6.07, 6.45) is -0.635. The average Bonchev–Trinajstić information content (AvgIpc) is 2.38. The first kappa shape index (κ1) is 17.8. The fraction of sp³-hybridized carbons (Fsp3) is 0.500. The Morgan fingerprint density at radius 1 is 1.23 bits per heavy atom. The van der Waals surface area contributed by atoms with Gasteiger partial charge in [0.1, 0.15) is 17.9 Å². The molecule has 0 saturated heterocycles. The normalized spacial score (nSPS) is 10.9. The highest BCUT2D eigenvalue weighted by Crippen LogP contribution is 2.19. The van der Waals surface area contributed by atoms with Crippen LogP contribution in [0.3, 0.4) is 0 Å². The van der Waals surface area contributed by atoms with Crippen LogP contribution in [-0.4, -0.2) is 40.8 Å². The highest BCUT2D eigenvalue weighted by molar-refractivity contribution is 5.78. The quantitative estimate of drug-likeness (QED) is 0.846. The van der Waals surface area contributed by atoms with Crippen LogP contribution in [-0.2, 0) is 20.8 Å². The molecule has 0 saturated carbocycles. The predicted octanol–water partition coefficient (Wildman–Crippen LogP) is 2.69. The summed E-state index contributed by atoms with van der Waals surface area (Å²) in [4.78, 5) is 25.1. The number of phenolic OH excluding ortho intramolecular Hbond substituents is 1. The van der Waals surface area contributed by atoms with E-state index >= 15 is 0 Å². The standard InChI is InChI=1S/C16H23NO5/c1-5-21-14(19)11-17(15(20)22-16(2,3)4)10-12-8-6-7-9-13(12)18/h6-9,18H,5,10-11H2,1-4H3. The maximum Gasteiger partial charge on any atom is 0.411 e. The van der Waals surface area contributed by atoms with Crippen LogP contribution in [0.15, 0.2) is 24.3 Å². The van der Waals surface area contributed by atoms with Crippen molar-refractivity contribution in [1.29, 1.82) is 0 Å². The maximum atomic E-state index is 12.2. The van der Waals surface area contributed by atoms with Crippen LogP contribution in [0.25, 0.3) is 0 Å². The molecule has 6 heteroatoms. The van der Waals surface area contributed by atoms with E-state index in [-0.39, 0.29) is 25.4 Å². The van der Waals surface area contributed by atoms with Gasteiger partial charge in [-0.3, -0.25) is 9.69 Å². The molecule has 22 heavy (non-hydrogen) atoms. The highest BCUT2D eigenvalue weighted by atomic mass is 16.6. The summed E-state index contributed by atoms with van der Waals surface area (Å²) < 4.78 is 10.2. The second-order valence-corrected chi connectivity index (χ2v) is 5.77. The van der Waals surface area contributed by atoms with E-state index in [4.69, 9.17) is 9.47 Å². The zero-order chi connectivity index (χ0) is 16.8. The van der Waals surface area contributed by atoms with Crippen LogP contribution in [0.4, 0.5) is 4.79 Å². The molecule has 1 aromatic rings. The molecule has 0 aliphatic rings. The number of aromatic hydroxyl groups is 1. The molecule has 6 nitrogen and oxygen atoms in total. The highest BCUT2D eigenvalue weighted by Gasteiger charge is 2.25. The Bertz CT molecular complexity index is 522. The van der Waals surface area contributed by atoms with Gasteiger partial charge in [0.05, 0.1) is 13.2 Å². The minimum Gasteiger partial charge on any atom is -0.508 e. The van der Waals surface area contributed by atoms with Gasteiger partial charge in [-0.2, -0.15) is 0 Å². The fourth-order valence-corrected chi connectivity index (χ4v) is 1.72. The number of esters is 1. The zero-order valence-corrected chi connectivity index (χ0v) is 13.5. The van der Waals surface area contributed by atoms with Crippen molar-refractivity contribution in [3.8, 4) is 5.75 Å². The molecule has 1 aromatic carbocycles. The van der Waals surface area contributed by atoms with E-state index in [0.717, 1.165) is 0 Å². The number of amides is 1. The molecular weight excluding hydrogens is 286 g/mol. The second-order valence-electron chi connectivity index (χ2n) is 5.77. The fourth-order valence-electron chi connectivity index (χ4n) is 1.72. The topological polar surface area (TPSA) is 76.1 Å². The third-order valence-electron chi connectivity index (χ3n) is 2.63. The summed E-state index contributed by atoms with van der Waals surface area (Å²) in [7, 11) is 0. The molecule has 0 fully saturated rings. The van der Waals surface area contributed by atoms with Crippen LogP contribution in [0.2, 0.25) is 0 Å². The number of benzene rings is 1. The van der Waals surface area contributed by atoms with E-state index in [1.807, 2.05) is 0 Å². The number of phenols is 1. The first-order valence-corrected chi connectivity index (χ1v) is 7.13. The molecule has 0 bridgehead atoms. The number of rotatable bonds is 5. The van der Waals surface area contributed by atoms with Gasteiger partial charge in [-0.15, -0.1) is 0 Å². The third-order valence-corrected chi connectivity index (χ3v) is 2.63. The molecule has 1 amide bonds. The maximum absolute atomic E-state index is 12.2. The van der Waals surface area contributed by atoms with Crippen LogP contribution in [0, 0.1) is 0 Å². The monoisotopic (exact) mass is 309 g/mol. The predicted molar refractivity (Wildman–Crippen MR) is 81.4 cm³/mol. The van der Waals surface area contributed by atoms with E-state index in [1.54, 1.807) is 45.9 Å². The number of para-hydroxylation sites is 1. The molecule has 0 aromatic heterocycles. The largest absolute Gasteiger partial charge is 0.508 e. The number of hydrogen-bond donors (Lipinski definition) is 1. The lowest BCUT2D eigenvalue weighted by Gasteiger charge is -2.27. The number of ether oxygens (including phenoxy) is 2. The van der Waals surface area contributed by atoms with Crippen molar-refractivity contribution in [1.82, 2.24) is 4.90 Å². The Morgan fingerprint density at radius 2 is 1.86 bits per heavy atom. The number of nitrogens with zero attached hydrogens (tertiary/aromatic N) is 1. The summed E-state index contributed by atoms with van der Waals surface area (Å²) >= 11 is 0. The Labute approximate surface area is 130 Å². The van der Waals surface area contributed by atoms with E-state index < -0.39 is 17.7 Å². The van der Waals surface area contributed by atoms with Gasteiger partial charge < -0.3 is 14.6 Å². The molecule has 1 N–H and O–H groups in total. The smallest absolute Gasteiger partial charge is 0.411 e. The van der Waals surface area contributed by atoms with Crippen molar-refractivity contribution >= 4 is 12.1 Å². The molecule has 0 aliphatic carbocycles. The van der Waals surface area contributed by atoms with E-state index in [9.17, 15) is 14.7 Å². The van der Waals surface area contributed by atoms with Crippen molar-refractivity contribution in [3.63, 3.8) is 0 Å². The average molecular weight is 309 g/mol. The van der Waals surface area contributed by atoms with Crippen molar-refractivity contribution < 1.29 is 24.2 Å². The zero-order valence-electron chi connectivity index (χ0n) is 13.5. The Kier molecular flexibility index (Phi) is 6.22. The molecule has 0 aliphatic heterocycles. The van der Waals surface area contributed by atoms with Gasteiger partial charge in [0.25, 0.3) is 0 Å². The molecule has 0 atom stereocenters. The van der Waals surface area contributed by atoms with Gasteiger partial charge >= 0.3 is 12.1 Å². The van der Waals surface area contributed by atoms with E-state index in [0.29, 0.717) is 5.56 Å². The Morgan fingerprint density at radius 3 is 2.41 bits per heavy atom. The van der Waals surface area contributed by atoms with Crippen LogP contribution in [0.5, 0.6) is 5.75 Å². The van der Waals surface area contributed by atoms with Crippen LogP contribution >= 0.6 is 0 Å². The van der Waals surface area contributed by atoms with Crippen molar-refractivity contribution in [3.05, 3.63) is 29.8 Å². The van der Waals surface area contributed by atoms with Gasteiger partial charge in [0.2, 0.25) is 0 Å². The number of carbonyl (C=O) groups is 2. The summed E-state index contributed by atoms with van der Waals surface area (Å²) in [5.74, 6) is -0.469. The Balaban J connectivity index is 2.88. The van der Waals surface area contributed by atoms with Gasteiger partial charge in [-0.25, -0.2) is 4.79 Å². The SMILES string of the molecule is CCOC(=O)CN(Cc1ccccc1O)C(=O)OC(C)(C)C. The first-order valence-electron chi connectivity index (χ1n) is 7.13. The molecule has 0 heterocycles. The lowest BCUT2D eigenvalue weighted by molar-refractivity contribution is -0.144. The number of carbonyl (C=O) groups excluding carboxylic acids is 2. The van der Waals surface area contributed by atoms with Crippen LogP contribution < -0.4 is 0 Å². The molecule has 0 radical (unpaired) electrons. The van der Waals surface area contributed by atoms with Crippen molar-refractivity contribution in [2.75, 3.05) is 13.2 Å². The van der Waals surface area contributed by atoms with Gasteiger partial charge in [0, 0.05) is 5.56 Å². The lowest BCUT2D eigenvalue weighted by atomic mass is 10.2. The second kappa shape index (κ2) is 7.68. The van der Waals surface area contributed by atoms with Gasteiger partial charge in [0.15, 0.2) is 0 Å². The summed E-state index contributed by atoms with van der Waals surface area (Å²) in [5.41, 5.74) is -0.152. The molecule has 122 valence electrons. The van der Waals surface area contributed by atoms with Crippen LogP contribution in [0.1, 0.15) is 33.3 Å². The molecular formula is C16H23NO5. The third kappa shape index (κ3) is 6.03. The first-order chi connectivity index (χ1) is 10.2. The van der Waals surface area contributed by atoms with E-state index in [1.165, 1.54) is 11.0 Å². The Hall–Kier alpha value is -2.24. The van der Waals surface area contributed by atoms with Crippen molar-refractivity contribution in [2.45, 2.75) is 39.8 Å². The molecule has 0 spiro atoms. The molecule has 1 rings (SSSR count). The number of hydrogen-bond acceptors (Lipinski definition) is 5. The lowest BCUT2D eigenvalue weighted by Crippen LogP contribution is -2.39. The summed E-state index contributed by atoms with van der Waals surface area (Å²) in [6, 6.07) is 6.62. The minimum absolute atomic E-state index is 0.0555.